The summed E-state index contributed by atoms with van der Waals surface area (Å²) >= 11 is 9.37. The first-order chi connectivity index (χ1) is 6.70. The van der Waals surface area contributed by atoms with Gasteiger partial charge in [0.05, 0.1) is 11.1 Å². The summed E-state index contributed by atoms with van der Waals surface area (Å²) < 4.78 is 0. The quantitative estimate of drug-likeness (QED) is 0.853. The summed E-state index contributed by atoms with van der Waals surface area (Å²) in [7, 11) is 0. The van der Waals surface area contributed by atoms with Crippen molar-refractivity contribution < 1.29 is 0 Å². The molecule has 4 heteroatoms. The first kappa shape index (κ1) is 10.2. The van der Waals surface area contributed by atoms with Gasteiger partial charge in [-0.25, -0.2) is 0 Å². The summed E-state index contributed by atoms with van der Waals surface area (Å²) in [5.41, 5.74) is 7.32. The summed E-state index contributed by atoms with van der Waals surface area (Å²) in [6.07, 6.45) is 0. The van der Waals surface area contributed by atoms with E-state index in [4.69, 9.17) is 17.3 Å². The van der Waals surface area contributed by atoms with Crippen LogP contribution in [0.3, 0.4) is 0 Å². The van der Waals surface area contributed by atoms with Crippen LogP contribution in [-0.2, 0) is 0 Å². The Morgan fingerprint density at radius 3 is 2.50 bits per heavy atom. The van der Waals surface area contributed by atoms with E-state index in [0.29, 0.717) is 0 Å². The highest BCUT2D eigenvalue weighted by Gasteiger charge is 2.16. The van der Waals surface area contributed by atoms with Crippen molar-refractivity contribution >= 4 is 34.3 Å². The maximum atomic E-state index is 6.14. The maximum absolute atomic E-state index is 6.14. The Kier molecular flexibility index (Phi) is 2.93. The normalized spacial score (nSPS) is 13.1. The lowest BCUT2D eigenvalue weighted by Crippen LogP contribution is -2.10. The predicted molar refractivity (Wildman–Crippen MR) is 64.4 cm³/mol. The number of aryl methyl sites for hydroxylation is 1. The van der Waals surface area contributed by atoms with Crippen molar-refractivity contribution in [3.8, 4) is 0 Å². The summed E-state index contributed by atoms with van der Waals surface area (Å²) in [4.78, 5) is 2.31. The van der Waals surface area contributed by atoms with Crippen LogP contribution in [0.4, 0.5) is 0 Å². The average molecular weight is 244 g/mol. The van der Waals surface area contributed by atoms with Crippen LogP contribution >= 0.6 is 34.3 Å². The van der Waals surface area contributed by atoms with Crippen LogP contribution < -0.4 is 5.73 Å². The smallest absolute Gasteiger partial charge is 0.0671 e. The first-order valence-electron chi connectivity index (χ1n) is 4.22. The molecule has 0 radical (unpaired) electrons. The van der Waals surface area contributed by atoms with Crippen molar-refractivity contribution in [3.63, 3.8) is 0 Å². The third-order valence-electron chi connectivity index (χ3n) is 2.16. The van der Waals surface area contributed by atoms with E-state index in [2.05, 4.69) is 18.4 Å². The molecule has 2 aromatic rings. The van der Waals surface area contributed by atoms with Gasteiger partial charge < -0.3 is 5.73 Å². The molecule has 2 aromatic heterocycles. The molecule has 0 spiro atoms. The highest BCUT2D eigenvalue weighted by Crippen LogP contribution is 2.33. The largest absolute Gasteiger partial charge is 0.320 e. The SMILES string of the molecule is Cc1sccc1C(N)c1sccc1Cl. The summed E-state index contributed by atoms with van der Waals surface area (Å²) in [5.74, 6) is 0. The Labute approximate surface area is 96.1 Å². The molecule has 0 bridgehead atoms. The number of hydrogen-bond donors (Lipinski definition) is 1. The van der Waals surface area contributed by atoms with Gasteiger partial charge >= 0.3 is 0 Å². The fourth-order valence-corrected chi connectivity index (χ4v) is 3.33. The van der Waals surface area contributed by atoms with E-state index in [0.717, 1.165) is 9.90 Å². The second-order valence-corrected chi connectivity index (χ2v) is 5.52. The maximum Gasteiger partial charge on any atom is 0.0671 e. The molecule has 0 saturated carbocycles. The van der Waals surface area contributed by atoms with Crippen molar-refractivity contribution in [3.05, 3.63) is 43.2 Å². The molecular formula is C10H10ClNS2. The highest BCUT2D eigenvalue weighted by atomic mass is 35.5. The average Bonchev–Trinajstić information content (AvgIpc) is 2.73. The highest BCUT2D eigenvalue weighted by molar-refractivity contribution is 7.11. The molecule has 1 unspecified atom stereocenters. The molecule has 0 aliphatic rings. The number of nitrogens with two attached hydrogens (primary N) is 1. The Balaban J connectivity index is 2.38. The van der Waals surface area contributed by atoms with E-state index in [1.54, 1.807) is 22.7 Å². The van der Waals surface area contributed by atoms with Crippen LogP contribution in [0, 0.1) is 6.92 Å². The predicted octanol–water partition coefficient (Wildman–Crippen LogP) is 3.82. The number of rotatable bonds is 2. The molecule has 0 aliphatic heterocycles. The van der Waals surface area contributed by atoms with Gasteiger partial charge in [0.25, 0.3) is 0 Å². The molecule has 2 N–H and O–H groups in total. The summed E-state index contributed by atoms with van der Waals surface area (Å²) in [5, 5.41) is 4.80. The lowest BCUT2D eigenvalue weighted by molar-refractivity contribution is 0.891. The molecule has 14 heavy (non-hydrogen) atoms. The molecule has 0 amide bonds. The molecule has 0 aliphatic carbocycles. The van der Waals surface area contributed by atoms with E-state index in [1.807, 2.05) is 11.4 Å². The zero-order chi connectivity index (χ0) is 10.1. The second kappa shape index (κ2) is 4.03. The van der Waals surface area contributed by atoms with E-state index in [1.165, 1.54) is 10.4 Å². The van der Waals surface area contributed by atoms with E-state index in [9.17, 15) is 0 Å². The third-order valence-corrected chi connectivity index (χ3v) is 4.46. The topological polar surface area (TPSA) is 26.0 Å². The zero-order valence-electron chi connectivity index (χ0n) is 7.66. The first-order valence-corrected chi connectivity index (χ1v) is 6.36. The zero-order valence-corrected chi connectivity index (χ0v) is 10.0. The van der Waals surface area contributed by atoms with Gasteiger partial charge in [0.15, 0.2) is 0 Å². The minimum absolute atomic E-state index is 0.0752. The number of thiophene rings is 2. The molecule has 74 valence electrons. The fraction of sp³-hybridized carbons (Fsp3) is 0.200. The van der Waals surface area contributed by atoms with Crippen molar-refractivity contribution in [2.75, 3.05) is 0 Å². The Bertz CT molecular complexity index is 393. The Hall–Kier alpha value is -0.350. The van der Waals surface area contributed by atoms with Crippen LogP contribution in [0.1, 0.15) is 21.4 Å². The fourth-order valence-electron chi connectivity index (χ4n) is 1.39. The molecule has 1 nitrogen and oxygen atoms in total. The third kappa shape index (κ3) is 1.73. The van der Waals surface area contributed by atoms with Crippen LogP contribution in [0.25, 0.3) is 0 Å². The van der Waals surface area contributed by atoms with Gasteiger partial charge in [-0.2, -0.15) is 0 Å². The van der Waals surface area contributed by atoms with Gasteiger partial charge in [-0.15, -0.1) is 22.7 Å². The van der Waals surface area contributed by atoms with Gasteiger partial charge in [-0.05, 0) is 35.4 Å². The standard InChI is InChI=1S/C10H10ClNS2/c1-6-7(2-4-13-6)9(12)10-8(11)3-5-14-10/h2-5,9H,12H2,1H3. The van der Waals surface area contributed by atoms with Gasteiger partial charge in [-0.3, -0.25) is 0 Å². The van der Waals surface area contributed by atoms with E-state index >= 15 is 0 Å². The second-order valence-electron chi connectivity index (χ2n) is 3.04. The molecule has 2 rings (SSSR count). The Morgan fingerprint density at radius 2 is 2.00 bits per heavy atom. The molecule has 0 saturated heterocycles. The lowest BCUT2D eigenvalue weighted by Gasteiger charge is -2.09. The molecule has 0 aromatic carbocycles. The van der Waals surface area contributed by atoms with Gasteiger partial charge in [0, 0.05) is 9.75 Å². The van der Waals surface area contributed by atoms with Crippen LogP contribution in [0.2, 0.25) is 5.02 Å². The van der Waals surface area contributed by atoms with Gasteiger partial charge in [-0.1, -0.05) is 11.6 Å². The minimum atomic E-state index is -0.0752. The van der Waals surface area contributed by atoms with Crippen molar-refractivity contribution in [1.82, 2.24) is 0 Å². The van der Waals surface area contributed by atoms with E-state index < -0.39 is 0 Å². The minimum Gasteiger partial charge on any atom is -0.320 e. The van der Waals surface area contributed by atoms with Crippen molar-refractivity contribution in [1.29, 1.82) is 0 Å². The summed E-state index contributed by atoms with van der Waals surface area (Å²) in [6, 6.07) is 3.89. The molecule has 2 heterocycles. The van der Waals surface area contributed by atoms with Gasteiger partial charge in [0.2, 0.25) is 0 Å². The van der Waals surface area contributed by atoms with Gasteiger partial charge in [0.1, 0.15) is 0 Å². The lowest BCUT2D eigenvalue weighted by atomic mass is 10.1. The van der Waals surface area contributed by atoms with E-state index in [-0.39, 0.29) is 6.04 Å². The van der Waals surface area contributed by atoms with Crippen molar-refractivity contribution in [2.45, 2.75) is 13.0 Å². The molecule has 0 fully saturated rings. The summed E-state index contributed by atoms with van der Waals surface area (Å²) in [6.45, 7) is 2.08. The number of halogens is 1. The monoisotopic (exact) mass is 243 g/mol. The Morgan fingerprint density at radius 1 is 1.29 bits per heavy atom. The van der Waals surface area contributed by atoms with Crippen molar-refractivity contribution in [2.24, 2.45) is 5.73 Å². The van der Waals surface area contributed by atoms with Crippen LogP contribution in [0.5, 0.6) is 0 Å². The molecule has 1 atom stereocenters. The number of hydrogen-bond acceptors (Lipinski definition) is 3. The van der Waals surface area contributed by atoms with Crippen LogP contribution in [0.15, 0.2) is 22.9 Å². The molecular weight excluding hydrogens is 234 g/mol. The van der Waals surface area contributed by atoms with Crippen LogP contribution in [-0.4, -0.2) is 0 Å².